The number of amides is 1. The molecule has 0 radical (unpaired) electrons. The van der Waals surface area contributed by atoms with Crippen molar-refractivity contribution < 1.29 is 9.53 Å². The molecule has 6 heteroatoms. The molecule has 1 atom stereocenters. The lowest BCUT2D eigenvalue weighted by atomic mass is 9.96. The molecule has 30 heavy (non-hydrogen) atoms. The molecule has 0 spiro atoms. The van der Waals surface area contributed by atoms with Crippen LogP contribution in [0, 0.1) is 13.8 Å². The second kappa shape index (κ2) is 9.67. The second-order valence-corrected chi connectivity index (χ2v) is 8.46. The third kappa shape index (κ3) is 5.05. The van der Waals surface area contributed by atoms with E-state index in [1.807, 2.05) is 18.7 Å². The quantitative estimate of drug-likeness (QED) is 0.761. The number of likely N-dealkylation sites (tertiary alicyclic amines) is 1. The number of hydrogen-bond donors (Lipinski definition) is 0. The fraction of sp³-hybridized carbons (Fsp3) is 0.542. The molecule has 0 aliphatic carbocycles. The second-order valence-electron chi connectivity index (χ2n) is 8.46. The number of carbonyl (C=O) groups excluding carboxylic acids is 1. The van der Waals surface area contributed by atoms with Crippen LogP contribution in [0.1, 0.15) is 47.1 Å². The fourth-order valence-corrected chi connectivity index (χ4v) is 4.53. The SMILES string of the molecule is Cc1nc([C@@H]2CCCN(Cc3ccccc3)C2)nc(C)c1CC(=O)N1CCOCC1. The van der Waals surface area contributed by atoms with Crippen molar-refractivity contribution in [1.82, 2.24) is 19.8 Å². The maximum absolute atomic E-state index is 12.7. The van der Waals surface area contributed by atoms with Crippen LogP contribution in [-0.4, -0.2) is 65.1 Å². The van der Waals surface area contributed by atoms with Gasteiger partial charge in [0.05, 0.1) is 19.6 Å². The van der Waals surface area contributed by atoms with E-state index >= 15 is 0 Å². The summed E-state index contributed by atoms with van der Waals surface area (Å²) in [6.45, 7) is 9.72. The number of morpholine rings is 1. The van der Waals surface area contributed by atoms with E-state index in [9.17, 15) is 4.79 Å². The average molecular weight is 409 g/mol. The lowest BCUT2D eigenvalue weighted by Gasteiger charge is -2.32. The zero-order valence-electron chi connectivity index (χ0n) is 18.1. The highest BCUT2D eigenvalue weighted by atomic mass is 16.5. The Morgan fingerprint density at radius 2 is 1.77 bits per heavy atom. The molecule has 3 heterocycles. The molecule has 1 amide bonds. The summed E-state index contributed by atoms with van der Waals surface area (Å²) in [6.07, 6.45) is 2.66. The minimum atomic E-state index is 0.146. The van der Waals surface area contributed by atoms with E-state index in [0.29, 0.717) is 38.6 Å². The van der Waals surface area contributed by atoms with Crippen LogP contribution < -0.4 is 0 Å². The Hall–Kier alpha value is -2.31. The maximum Gasteiger partial charge on any atom is 0.227 e. The van der Waals surface area contributed by atoms with Crippen molar-refractivity contribution in [2.24, 2.45) is 0 Å². The third-order valence-corrected chi connectivity index (χ3v) is 6.25. The summed E-state index contributed by atoms with van der Waals surface area (Å²) in [6, 6.07) is 10.6. The molecule has 1 aromatic heterocycles. The largest absolute Gasteiger partial charge is 0.378 e. The van der Waals surface area contributed by atoms with E-state index in [2.05, 4.69) is 35.2 Å². The average Bonchev–Trinajstić information content (AvgIpc) is 2.77. The first-order valence-corrected chi connectivity index (χ1v) is 11.1. The summed E-state index contributed by atoms with van der Waals surface area (Å²) < 4.78 is 5.35. The summed E-state index contributed by atoms with van der Waals surface area (Å²) in [7, 11) is 0. The molecule has 2 aromatic rings. The van der Waals surface area contributed by atoms with Crippen LogP contribution in [0.3, 0.4) is 0 Å². The first-order chi connectivity index (χ1) is 14.6. The van der Waals surface area contributed by atoms with Crippen LogP contribution in [0.25, 0.3) is 0 Å². The van der Waals surface area contributed by atoms with Gasteiger partial charge < -0.3 is 9.64 Å². The molecule has 2 fully saturated rings. The van der Waals surface area contributed by atoms with Crippen LogP contribution >= 0.6 is 0 Å². The highest BCUT2D eigenvalue weighted by Gasteiger charge is 2.26. The maximum atomic E-state index is 12.7. The molecule has 0 N–H and O–H groups in total. The van der Waals surface area contributed by atoms with E-state index in [1.54, 1.807) is 0 Å². The first kappa shape index (κ1) is 20.9. The van der Waals surface area contributed by atoms with Gasteiger partial charge in [0, 0.05) is 49.0 Å². The van der Waals surface area contributed by atoms with Gasteiger partial charge in [0.1, 0.15) is 5.82 Å². The minimum Gasteiger partial charge on any atom is -0.378 e. The number of nitrogens with zero attached hydrogens (tertiary/aromatic N) is 4. The van der Waals surface area contributed by atoms with Gasteiger partial charge in [-0.1, -0.05) is 30.3 Å². The Balaban J connectivity index is 1.43. The molecular weight excluding hydrogens is 376 g/mol. The van der Waals surface area contributed by atoms with Crippen LogP contribution in [-0.2, 0) is 22.5 Å². The Morgan fingerprint density at radius 3 is 2.47 bits per heavy atom. The van der Waals surface area contributed by atoms with Crippen molar-refractivity contribution in [3.63, 3.8) is 0 Å². The topological polar surface area (TPSA) is 58.6 Å². The molecule has 0 bridgehead atoms. The van der Waals surface area contributed by atoms with E-state index < -0.39 is 0 Å². The lowest BCUT2D eigenvalue weighted by molar-refractivity contribution is -0.134. The van der Waals surface area contributed by atoms with Gasteiger partial charge >= 0.3 is 0 Å². The summed E-state index contributed by atoms with van der Waals surface area (Å²) >= 11 is 0. The Kier molecular flexibility index (Phi) is 6.75. The van der Waals surface area contributed by atoms with Gasteiger partial charge in [-0.15, -0.1) is 0 Å². The first-order valence-electron chi connectivity index (χ1n) is 11.1. The third-order valence-electron chi connectivity index (χ3n) is 6.25. The Bertz CT molecular complexity index is 842. The molecular formula is C24H32N4O2. The zero-order valence-corrected chi connectivity index (χ0v) is 18.1. The molecule has 2 aliphatic heterocycles. The molecule has 6 nitrogen and oxygen atoms in total. The van der Waals surface area contributed by atoms with Crippen molar-refractivity contribution in [2.75, 3.05) is 39.4 Å². The van der Waals surface area contributed by atoms with Crippen molar-refractivity contribution in [3.8, 4) is 0 Å². The zero-order chi connectivity index (χ0) is 20.9. The van der Waals surface area contributed by atoms with E-state index in [1.165, 1.54) is 5.56 Å². The monoisotopic (exact) mass is 408 g/mol. The number of aryl methyl sites for hydroxylation is 2. The standard InChI is InChI=1S/C24H32N4O2/c1-18-22(15-23(29)28-11-13-30-14-12-28)19(2)26-24(25-18)21-9-6-10-27(17-21)16-20-7-4-3-5-8-20/h3-5,7-8,21H,6,9-17H2,1-2H3/t21-/m1/s1. The van der Waals surface area contributed by atoms with Crippen molar-refractivity contribution in [3.05, 3.63) is 58.7 Å². The van der Waals surface area contributed by atoms with Gasteiger partial charge in [0.25, 0.3) is 0 Å². The summed E-state index contributed by atoms with van der Waals surface area (Å²) in [4.78, 5) is 26.8. The van der Waals surface area contributed by atoms with E-state index in [-0.39, 0.29) is 5.91 Å². The molecule has 0 unspecified atom stereocenters. The van der Waals surface area contributed by atoms with Crippen molar-refractivity contribution in [1.29, 1.82) is 0 Å². The van der Waals surface area contributed by atoms with E-state index in [4.69, 9.17) is 14.7 Å². The summed E-state index contributed by atoms with van der Waals surface area (Å²) in [5, 5.41) is 0. The number of hydrogen-bond acceptors (Lipinski definition) is 5. The molecule has 4 rings (SSSR count). The predicted octanol–water partition coefficient (Wildman–Crippen LogP) is 2.87. The van der Waals surface area contributed by atoms with Gasteiger partial charge in [-0.3, -0.25) is 9.69 Å². The highest BCUT2D eigenvalue weighted by Crippen LogP contribution is 2.27. The molecule has 160 valence electrons. The molecule has 1 aromatic carbocycles. The Morgan fingerprint density at radius 1 is 1.07 bits per heavy atom. The van der Waals surface area contributed by atoms with Gasteiger partial charge in [-0.05, 0) is 38.8 Å². The van der Waals surface area contributed by atoms with Crippen LogP contribution in [0.2, 0.25) is 0 Å². The predicted molar refractivity (Wildman–Crippen MR) is 116 cm³/mol. The summed E-state index contributed by atoms with van der Waals surface area (Å²) in [5.74, 6) is 1.43. The normalized spacial score (nSPS) is 20.3. The van der Waals surface area contributed by atoms with Crippen LogP contribution in [0.4, 0.5) is 0 Å². The number of piperidine rings is 1. The number of rotatable bonds is 5. The van der Waals surface area contributed by atoms with Gasteiger partial charge in [0.2, 0.25) is 5.91 Å². The molecule has 2 aliphatic rings. The van der Waals surface area contributed by atoms with E-state index in [0.717, 1.165) is 55.3 Å². The minimum absolute atomic E-state index is 0.146. The number of ether oxygens (including phenoxy) is 1. The lowest BCUT2D eigenvalue weighted by Crippen LogP contribution is -2.41. The highest BCUT2D eigenvalue weighted by molar-refractivity contribution is 5.79. The van der Waals surface area contributed by atoms with Crippen molar-refractivity contribution >= 4 is 5.91 Å². The molecule has 0 saturated carbocycles. The fourth-order valence-electron chi connectivity index (χ4n) is 4.53. The number of carbonyl (C=O) groups is 1. The smallest absolute Gasteiger partial charge is 0.227 e. The molecule has 2 saturated heterocycles. The van der Waals surface area contributed by atoms with Crippen molar-refractivity contribution in [2.45, 2.75) is 45.6 Å². The summed E-state index contributed by atoms with van der Waals surface area (Å²) in [5.41, 5.74) is 4.22. The number of benzene rings is 1. The van der Waals surface area contributed by atoms with Crippen LogP contribution in [0.15, 0.2) is 30.3 Å². The van der Waals surface area contributed by atoms with Gasteiger partial charge in [-0.25, -0.2) is 9.97 Å². The number of aromatic nitrogens is 2. The van der Waals surface area contributed by atoms with Gasteiger partial charge in [0.15, 0.2) is 0 Å². The van der Waals surface area contributed by atoms with Crippen LogP contribution in [0.5, 0.6) is 0 Å². The Labute approximate surface area is 179 Å². The van der Waals surface area contributed by atoms with Gasteiger partial charge in [-0.2, -0.15) is 0 Å².